The van der Waals surface area contributed by atoms with Crippen LogP contribution in [0.3, 0.4) is 0 Å². The minimum atomic E-state index is -0.582. The predicted octanol–water partition coefficient (Wildman–Crippen LogP) is 2.44. The van der Waals surface area contributed by atoms with E-state index in [1.165, 1.54) is 24.4 Å². The number of amides is 1. The van der Waals surface area contributed by atoms with Gasteiger partial charge in [0.05, 0.1) is 12.1 Å². The van der Waals surface area contributed by atoms with Crippen molar-refractivity contribution in [2.24, 2.45) is 5.92 Å². The van der Waals surface area contributed by atoms with E-state index in [4.69, 9.17) is 4.74 Å². The molecule has 28 heavy (non-hydrogen) atoms. The third kappa shape index (κ3) is 3.91. The van der Waals surface area contributed by atoms with E-state index in [1.54, 1.807) is 0 Å². The molecule has 2 aromatic heterocycles. The summed E-state index contributed by atoms with van der Waals surface area (Å²) in [5.41, 5.74) is 0.654. The van der Waals surface area contributed by atoms with Crippen LogP contribution in [0.1, 0.15) is 36.0 Å². The highest BCUT2D eigenvalue weighted by molar-refractivity contribution is 5.92. The Morgan fingerprint density at radius 3 is 2.71 bits per heavy atom. The van der Waals surface area contributed by atoms with Crippen LogP contribution in [-0.2, 0) is 4.74 Å². The number of aromatic nitrogens is 3. The van der Waals surface area contributed by atoms with Crippen LogP contribution in [0.25, 0.3) is 10.9 Å². The Kier molecular flexibility index (Phi) is 5.79. The molecule has 0 bridgehead atoms. The lowest BCUT2D eigenvalue weighted by molar-refractivity contribution is 0.0439. The number of rotatable bonds is 7. The second-order valence-electron chi connectivity index (χ2n) is 7.03. The molecule has 1 aromatic carbocycles. The van der Waals surface area contributed by atoms with Gasteiger partial charge in [-0.2, -0.15) is 0 Å². The summed E-state index contributed by atoms with van der Waals surface area (Å²) < 4.78 is 5.63. The molecule has 0 aliphatic rings. The van der Waals surface area contributed by atoms with E-state index < -0.39 is 17.6 Å². The number of hydrogen-bond acceptors (Lipinski definition) is 5. The number of ether oxygens (including phenoxy) is 1. The van der Waals surface area contributed by atoms with Crippen LogP contribution in [-0.4, -0.2) is 51.1 Å². The molecule has 148 valence electrons. The average Bonchev–Trinajstić information content (AvgIpc) is 3.00. The highest BCUT2D eigenvalue weighted by atomic mass is 16.5. The molecular weight excluding hydrogens is 360 g/mol. The fourth-order valence-electron chi connectivity index (χ4n) is 3.29. The van der Waals surface area contributed by atoms with Crippen LogP contribution in [0.5, 0.6) is 5.88 Å². The third-order valence-electron chi connectivity index (χ3n) is 4.50. The SMILES string of the molecule is COC(CN(CC(C)C)C(=O)c1ncc[nH]c1=O)c1c(O)[nH]c2ccccc12. The highest BCUT2D eigenvalue weighted by Crippen LogP contribution is 2.34. The summed E-state index contributed by atoms with van der Waals surface area (Å²) in [6, 6.07) is 7.48. The number of carbonyl (C=O) groups excluding carboxylic acids is 1. The Hall–Kier alpha value is -3.13. The number of aromatic amines is 2. The van der Waals surface area contributed by atoms with Gasteiger partial charge in [0.2, 0.25) is 0 Å². The van der Waals surface area contributed by atoms with Gasteiger partial charge in [-0.15, -0.1) is 0 Å². The van der Waals surface area contributed by atoms with Gasteiger partial charge in [0.1, 0.15) is 6.10 Å². The molecule has 0 fully saturated rings. The second-order valence-corrected chi connectivity index (χ2v) is 7.03. The first-order chi connectivity index (χ1) is 13.4. The van der Waals surface area contributed by atoms with Crippen LogP contribution in [0.15, 0.2) is 41.5 Å². The molecule has 0 radical (unpaired) electrons. The summed E-state index contributed by atoms with van der Waals surface area (Å²) in [6.45, 7) is 4.54. The number of nitrogens with zero attached hydrogens (tertiary/aromatic N) is 2. The smallest absolute Gasteiger partial charge is 0.279 e. The second kappa shape index (κ2) is 8.26. The van der Waals surface area contributed by atoms with E-state index in [9.17, 15) is 14.7 Å². The van der Waals surface area contributed by atoms with Crippen molar-refractivity contribution in [3.8, 4) is 5.88 Å². The predicted molar refractivity (Wildman–Crippen MR) is 105 cm³/mol. The normalized spacial score (nSPS) is 12.4. The lowest BCUT2D eigenvalue weighted by Crippen LogP contribution is -2.40. The minimum Gasteiger partial charge on any atom is -0.494 e. The third-order valence-corrected chi connectivity index (χ3v) is 4.50. The molecular formula is C20H24N4O4. The monoisotopic (exact) mass is 384 g/mol. The average molecular weight is 384 g/mol. The topological polar surface area (TPSA) is 111 Å². The summed E-state index contributed by atoms with van der Waals surface area (Å²) in [4.78, 5) is 35.9. The Morgan fingerprint density at radius 1 is 1.29 bits per heavy atom. The van der Waals surface area contributed by atoms with Crippen LogP contribution in [0.2, 0.25) is 0 Å². The van der Waals surface area contributed by atoms with Crippen molar-refractivity contribution in [2.75, 3.05) is 20.2 Å². The quantitative estimate of drug-likeness (QED) is 0.579. The largest absolute Gasteiger partial charge is 0.494 e. The van der Waals surface area contributed by atoms with Crippen LogP contribution >= 0.6 is 0 Å². The molecule has 0 spiro atoms. The van der Waals surface area contributed by atoms with Crippen molar-refractivity contribution in [3.63, 3.8) is 0 Å². The van der Waals surface area contributed by atoms with Crippen LogP contribution in [0.4, 0.5) is 0 Å². The van der Waals surface area contributed by atoms with Gasteiger partial charge in [-0.25, -0.2) is 4.98 Å². The Morgan fingerprint density at radius 2 is 2.04 bits per heavy atom. The number of hydrogen-bond donors (Lipinski definition) is 3. The highest BCUT2D eigenvalue weighted by Gasteiger charge is 2.28. The van der Waals surface area contributed by atoms with E-state index in [-0.39, 0.29) is 24.0 Å². The van der Waals surface area contributed by atoms with E-state index in [2.05, 4.69) is 15.0 Å². The van der Waals surface area contributed by atoms with Gasteiger partial charge in [0, 0.05) is 37.0 Å². The van der Waals surface area contributed by atoms with Crippen LogP contribution < -0.4 is 5.56 Å². The summed E-state index contributed by atoms with van der Waals surface area (Å²) in [7, 11) is 1.53. The van der Waals surface area contributed by atoms with E-state index in [1.807, 2.05) is 38.1 Å². The maximum atomic E-state index is 13.0. The molecule has 0 saturated heterocycles. The number of fused-ring (bicyclic) bond motifs is 1. The first-order valence-electron chi connectivity index (χ1n) is 9.07. The summed E-state index contributed by atoms with van der Waals surface area (Å²) >= 11 is 0. The lowest BCUT2D eigenvalue weighted by Gasteiger charge is -2.28. The standard InChI is InChI=1S/C20H24N4O4/c1-12(2)10-24(20(27)17-19(26)22-9-8-21-17)11-15(28-3)16-13-6-4-5-7-14(13)23-18(16)25/h4-9,12,15,23,25H,10-11H2,1-3H3,(H,22,26). The number of carbonyl (C=O) groups is 1. The number of benzene rings is 1. The number of methoxy groups -OCH3 is 1. The van der Waals surface area contributed by atoms with Gasteiger partial charge < -0.3 is 24.7 Å². The maximum absolute atomic E-state index is 13.0. The van der Waals surface area contributed by atoms with Crippen molar-refractivity contribution in [1.29, 1.82) is 0 Å². The van der Waals surface area contributed by atoms with E-state index in [0.717, 1.165) is 10.9 Å². The van der Waals surface area contributed by atoms with Crippen molar-refractivity contribution in [3.05, 3.63) is 58.3 Å². The van der Waals surface area contributed by atoms with Crippen LogP contribution in [0, 0.1) is 5.92 Å². The lowest BCUT2D eigenvalue weighted by atomic mass is 10.1. The first kappa shape index (κ1) is 19.6. The zero-order valence-corrected chi connectivity index (χ0v) is 16.1. The first-order valence-corrected chi connectivity index (χ1v) is 9.07. The molecule has 3 aromatic rings. The molecule has 3 rings (SSSR count). The molecule has 8 nitrogen and oxygen atoms in total. The fraction of sp³-hybridized carbons (Fsp3) is 0.350. The number of nitrogens with one attached hydrogen (secondary N) is 2. The van der Waals surface area contributed by atoms with Gasteiger partial charge in [-0.3, -0.25) is 9.59 Å². The van der Waals surface area contributed by atoms with Gasteiger partial charge in [0.25, 0.3) is 11.5 Å². The summed E-state index contributed by atoms with van der Waals surface area (Å²) in [5.74, 6) is -0.307. The molecule has 3 N–H and O–H groups in total. The van der Waals surface area contributed by atoms with Gasteiger partial charge in [0.15, 0.2) is 11.6 Å². The number of aromatic hydroxyl groups is 1. The van der Waals surface area contributed by atoms with Gasteiger partial charge >= 0.3 is 0 Å². The maximum Gasteiger partial charge on any atom is 0.279 e. The van der Waals surface area contributed by atoms with E-state index >= 15 is 0 Å². The van der Waals surface area contributed by atoms with Gasteiger partial charge in [-0.05, 0) is 12.0 Å². The molecule has 1 amide bonds. The minimum absolute atomic E-state index is 0.000629. The molecule has 1 atom stereocenters. The number of H-pyrrole nitrogens is 2. The van der Waals surface area contributed by atoms with Crippen molar-refractivity contribution in [1.82, 2.24) is 19.9 Å². The summed E-state index contributed by atoms with van der Waals surface area (Å²) in [6.07, 6.45) is 2.18. The van der Waals surface area contributed by atoms with Crippen molar-refractivity contribution >= 4 is 16.8 Å². The fourth-order valence-corrected chi connectivity index (χ4v) is 3.29. The van der Waals surface area contributed by atoms with Crippen molar-refractivity contribution < 1.29 is 14.6 Å². The zero-order chi connectivity index (χ0) is 20.3. The molecule has 2 heterocycles. The van der Waals surface area contributed by atoms with E-state index in [0.29, 0.717) is 12.1 Å². The Balaban J connectivity index is 1.96. The molecule has 8 heteroatoms. The molecule has 0 aliphatic carbocycles. The van der Waals surface area contributed by atoms with Crippen molar-refractivity contribution in [2.45, 2.75) is 20.0 Å². The Labute approximate surface area is 162 Å². The molecule has 0 aliphatic heterocycles. The van der Waals surface area contributed by atoms with Gasteiger partial charge in [-0.1, -0.05) is 32.0 Å². The summed E-state index contributed by atoms with van der Waals surface area (Å²) in [5, 5.41) is 11.2. The molecule has 1 unspecified atom stereocenters. The number of para-hydroxylation sites is 1. The zero-order valence-electron chi connectivity index (χ0n) is 16.1. The Bertz CT molecular complexity index is 1020. The molecule has 0 saturated carbocycles.